The molecule has 178 valence electrons. The molecule has 6 nitrogen and oxygen atoms in total. The molecular formula is C23H26F3IN4O2. The summed E-state index contributed by atoms with van der Waals surface area (Å²) in [5.41, 5.74) is 2.46. The number of aliphatic imine (C=N–C) groups is 1. The number of rotatable bonds is 6. The Morgan fingerprint density at radius 3 is 2.55 bits per heavy atom. The van der Waals surface area contributed by atoms with Crippen LogP contribution < -0.4 is 20.3 Å². The summed E-state index contributed by atoms with van der Waals surface area (Å²) in [5.74, 6) is 0.491. The quantitative estimate of drug-likeness (QED) is 0.302. The van der Waals surface area contributed by atoms with Gasteiger partial charge in [0.25, 0.3) is 0 Å². The van der Waals surface area contributed by atoms with Crippen LogP contribution in [-0.2, 0) is 11.3 Å². The van der Waals surface area contributed by atoms with E-state index in [1.54, 1.807) is 24.1 Å². The Labute approximate surface area is 207 Å². The molecule has 0 bridgehead atoms. The lowest BCUT2D eigenvalue weighted by atomic mass is 10.1. The number of alkyl halides is 3. The van der Waals surface area contributed by atoms with E-state index in [1.165, 1.54) is 12.1 Å². The predicted octanol–water partition coefficient (Wildman–Crippen LogP) is 4.55. The number of nitrogens with one attached hydrogen (secondary N) is 2. The highest BCUT2D eigenvalue weighted by molar-refractivity contribution is 14.0. The maximum absolute atomic E-state index is 12.7. The fourth-order valence-electron chi connectivity index (χ4n) is 3.97. The fourth-order valence-corrected chi connectivity index (χ4v) is 3.97. The van der Waals surface area contributed by atoms with Crippen LogP contribution in [0.2, 0.25) is 0 Å². The molecule has 0 aromatic heterocycles. The molecule has 4 rings (SSSR count). The van der Waals surface area contributed by atoms with Gasteiger partial charge < -0.3 is 20.3 Å². The Hall–Kier alpha value is -2.50. The minimum absolute atomic E-state index is 0. The molecule has 2 aromatic carbocycles. The van der Waals surface area contributed by atoms with E-state index in [9.17, 15) is 18.0 Å². The number of hydrogen-bond acceptors (Lipinski definition) is 3. The van der Waals surface area contributed by atoms with Crippen molar-refractivity contribution in [3.8, 4) is 5.75 Å². The van der Waals surface area contributed by atoms with Gasteiger partial charge in [0.2, 0.25) is 5.91 Å². The Bertz CT molecular complexity index is 998. The van der Waals surface area contributed by atoms with Crippen molar-refractivity contribution in [2.75, 3.05) is 18.5 Å². The van der Waals surface area contributed by atoms with Crippen molar-refractivity contribution in [1.82, 2.24) is 10.6 Å². The lowest BCUT2D eigenvalue weighted by Crippen LogP contribution is -2.38. The summed E-state index contributed by atoms with van der Waals surface area (Å²) in [4.78, 5) is 17.9. The first kappa shape index (κ1) is 25.1. The lowest BCUT2D eigenvalue weighted by Gasteiger charge is -2.17. The maximum atomic E-state index is 12.7. The molecule has 1 amide bonds. The molecule has 2 fully saturated rings. The third-order valence-electron chi connectivity index (χ3n) is 5.66. The first-order valence-electron chi connectivity index (χ1n) is 10.6. The molecule has 1 aliphatic carbocycles. The predicted molar refractivity (Wildman–Crippen MR) is 131 cm³/mol. The van der Waals surface area contributed by atoms with Gasteiger partial charge in [0.15, 0.2) is 5.96 Å². The average Bonchev–Trinajstić information content (AvgIpc) is 3.39. The van der Waals surface area contributed by atoms with Crippen molar-refractivity contribution in [3.05, 3.63) is 59.7 Å². The Balaban J connectivity index is 0.00000306. The van der Waals surface area contributed by atoms with Crippen LogP contribution in [0.15, 0.2) is 53.5 Å². The number of guanidine groups is 1. The van der Waals surface area contributed by atoms with Gasteiger partial charge in [-0.2, -0.15) is 0 Å². The molecule has 0 spiro atoms. The molecule has 2 aromatic rings. The number of halogens is 4. The van der Waals surface area contributed by atoms with Crippen molar-refractivity contribution in [3.63, 3.8) is 0 Å². The van der Waals surface area contributed by atoms with Crippen LogP contribution in [0.25, 0.3) is 0 Å². The van der Waals surface area contributed by atoms with Crippen molar-refractivity contribution in [1.29, 1.82) is 0 Å². The summed E-state index contributed by atoms with van der Waals surface area (Å²) in [6, 6.07) is 14.0. The smallest absolute Gasteiger partial charge is 0.405 e. The molecule has 1 aliphatic heterocycles. The van der Waals surface area contributed by atoms with E-state index in [0.717, 1.165) is 24.2 Å². The van der Waals surface area contributed by atoms with Crippen LogP contribution in [0.4, 0.5) is 18.9 Å². The monoisotopic (exact) mass is 574 g/mol. The van der Waals surface area contributed by atoms with E-state index >= 15 is 0 Å². The molecular weight excluding hydrogens is 548 g/mol. The number of carbonyl (C=O) groups excluding carboxylic acids is 1. The molecule has 1 saturated heterocycles. The number of ether oxygens (including phenoxy) is 1. The number of para-hydroxylation sites is 1. The summed E-state index contributed by atoms with van der Waals surface area (Å²) in [7, 11) is 1.65. The number of nitrogens with zero attached hydrogens (tertiary/aromatic N) is 2. The highest BCUT2D eigenvalue weighted by Gasteiger charge is 2.42. The molecule has 2 unspecified atom stereocenters. The van der Waals surface area contributed by atoms with Gasteiger partial charge >= 0.3 is 6.36 Å². The molecule has 10 heteroatoms. The zero-order valence-electron chi connectivity index (χ0n) is 18.1. The second-order valence-electron chi connectivity index (χ2n) is 7.92. The van der Waals surface area contributed by atoms with Gasteiger partial charge in [0.05, 0.1) is 0 Å². The van der Waals surface area contributed by atoms with E-state index < -0.39 is 6.36 Å². The second-order valence-corrected chi connectivity index (χ2v) is 7.92. The number of hydrogen-bond donors (Lipinski definition) is 2. The first-order valence-corrected chi connectivity index (χ1v) is 10.6. The van der Waals surface area contributed by atoms with Crippen LogP contribution in [0.5, 0.6) is 5.75 Å². The third kappa shape index (κ3) is 6.52. The summed E-state index contributed by atoms with van der Waals surface area (Å²) >= 11 is 0. The molecule has 1 saturated carbocycles. The van der Waals surface area contributed by atoms with Gasteiger partial charge in [0, 0.05) is 44.2 Å². The lowest BCUT2D eigenvalue weighted by molar-refractivity contribution is -0.274. The standard InChI is InChI=1S/C23H25F3N4O2.HI/c1-27-22(28-14-15-8-10-16(11-9-15)30-12-4-7-21(30)31)29-19-13-18(19)17-5-2-3-6-20(17)32-23(24,25)26;/h2-3,5-6,8-11,18-19H,4,7,12-14H2,1H3,(H2,27,28,29);1H. The molecule has 2 atom stereocenters. The average molecular weight is 574 g/mol. The van der Waals surface area contributed by atoms with Gasteiger partial charge in [0.1, 0.15) is 5.75 Å². The normalized spacial score (nSPS) is 20.3. The van der Waals surface area contributed by atoms with Gasteiger partial charge in [-0.25, -0.2) is 0 Å². The van der Waals surface area contributed by atoms with E-state index in [0.29, 0.717) is 30.9 Å². The van der Waals surface area contributed by atoms with E-state index in [4.69, 9.17) is 0 Å². The van der Waals surface area contributed by atoms with Gasteiger partial charge in [-0.05, 0) is 42.2 Å². The number of benzene rings is 2. The molecule has 1 heterocycles. The minimum Gasteiger partial charge on any atom is -0.405 e. The minimum atomic E-state index is -4.72. The topological polar surface area (TPSA) is 66.0 Å². The maximum Gasteiger partial charge on any atom is 0.573 e. The van der Waals surface area contributed by atoms with Crippen molar-refractivity contribution >= 4 is 41.5 Å². The highest BCUT2D eigenvalue weighted by Crippen LogP contribution is 2.45. The molecule has 2 aliphatic rings. The largest absolute Gasteiger partial charge is 0.573 e. The van der Waals surface area contributed by atoms with Crippen LogP contribution >= 0.6 is 24.0 Å². The van der Waals surface area contributed by atoms with Gasteiger partial charge in [-0.3, -0.25) is 9.79 Å². The van der Waals surface area contributed by atoms with E-state index in [-0.39, 0.29) is 47.6 Å². The second kappa shape index (κ2) is 10.6. The number of amides is 1. The zero-order valence-corrected chi connectivity index (χ0v) is 20.4. The van der Waals surface area contributed by atoms with Crippen LogP contribution in [0.1, 0.15) is 36.3 Å². The van der Waals surface area contributed by atoms with Crippen molar-refractivity contribution in [2.45, 2.75) is 44.1 Å². The van der Waals surface area contributed by atoms with E-state index in [2.05, 4.69) is 20.4 Å². The van der Waals surface area contributed by atoms with Gasteiger partial charge in [-0.15, -0.1) is 37.1 Å². The third-order valence-corrected chi connectivity index (χ3v) is 5.66. The van der Waals surface area contributed by atoms with E-state index in [1.807, 2.05) is 24.3 Å². The zero-order chi connectivity index (χ0) is 22.7. The number of anilines is 1. The van der Waals surface area contributed by atoms with Gasteiger partial charge in [-0.1, -0.05) is 30.3 Å². The van der Waals surface area contributed by atoms with Crippen molar-refractivity contribution in [2.24, 2.45) is 4.99 Å². The highest BCUT2D eigenvalue weighted by atomic mass is 127. The van der Waals surface area contributed by atoms with Crippen LogP contribution in [0, 0.1) is 0 Å². The summed E-state index contributed by atoms with van der Waals surface area (Å²) in [6.07, 6.45) is -2.54. The molecule has 0 radical (unpaired) electrons. The summed E-state index contributed by atoms with van der Waals surface area (Å²) < 4.78 is 42.2. The van der Waals surface area contributed by atoms with Crippen LogP contribution in [-0.4, -0.2) is 37.9 Å². The Morgan fingerprint density at radius 2 is 1.91 bits per heavy atom. The Morgan fingerprint density at radius 1 is 1.18 bits per heavy atom. The summed E-state index contributed by atoms with van der Waals surface area (Å²) in [5, 5.41) is 6.49. The number of carbonyl (C=O) groups is 1. The molecule has 2 N–H and O–H groups in total. The summed E-state index contributed by atoms with van der Waals surface area (Å²) in [6.45, 7) is 1.28. The fraction of sp³-hybridized carbons (Fsp3) is 0.391. The van der Waals surface area contributed by atoms with Crippen molar-refractivity contribution < 1.29 is 22.7 Å². The SMILES string of the molecule is CN=C(NCc1ccc(N2CCCC2=O)cc1)NC1CC1c1ccccc1OC(F)(F)F.I. The Kier molecular flexibility index (Phi) is 8.09. The van der Waals surface area contributed by atoms with Crippen LogP contribution in [0.3, 0.4) is 0 Å². The first-order chi connectivity index (χ1) is 15.3. The molecule has 33 heavy (non-hydrogen) atoms.